The summed E-state index contributed by atoms with van der Waals surface area (Å²) in [5.74, 6) is -3.56. The number of carbonyl (C=O) groups is 2. The van der Waals surface area contributed by atoms with E-state index < -0.39 is 32.9 Å². The number of fused-ring (bicyclic) bond motifs is 1. The lowest BCUT2D eigenvalue weighted by Crippen LogP contribution is -2.41. The number of ketones is 1. The van der Waals surface area contributed by atoms with Crippen LogP contribution in [0.5, 0.6) is 0 Å². The summed E-state index contributed by atoms with van der Waals surface area (Å²) in [6, 6.07) is 16.1. The van der Waals surface area contributed by atoms with Gasteiger partial charge in [-0.05, 0) is 36.1 Å². The van der Waals surface area contributed by atoms with Gasteiger partial charge in [-0.2, -0.15) is 0 Å². The number of halogens is 2. The summed E-state index contributed by atoms with van der Waals surface area (Å²) in [6.07, 6.45) is -0.397. The SMILES string of the molecule is O=C(CC1(C(=O)O)CCS(=O)(=O)CC1)c1ccc(-c2ccc(Nc3nc4cc(F)c(F)cc4[nH]3)cc2)cc1. The van der Waals surface area contributed by atoms with Gasteiger partial charge < -0.3 is 15.4 Å². The zero-order chi connectivity index (χ0) is 27.1. The second-order valence-corrected chi connectivity index (χ2v) is 11.8. The fourth-order valence-electron chi connectivity index (χ4n) is 4.60. The molecular formula is C27H23F2N3O5S. The van der Waals surface area contributed by atoms with Crippen molar-refractivity contribution < 1.29 is 31.9 Å². The van der Waals surface area contributed by atoms with Crippen LogP contribution in [0.3, 0.4) is 0 Å². The zero-order valence-corrected chi connectivity index (χ0v) is 20.8. The van der Waals surface area contributed by atoms with Crippen molar-refractivity contribution in [2.24, 2.45) is 5.41 Å². The second kappa shape index (κ2) is 9.64. The number of hydrogen-bond acceptors (Lipinski definition) is 6. The zero-order valence-electron chi connectivity index (χ0n) is 20.0. The van der Waals surface area contributed by atoms with Crippen LogP contribution in [0.25, 0.3) is 22.2 Å². The Morgan fingerprint density at radius 1 is 0.947 bits per heavy atom. The van der Waals surface area contributed by atoms with E-state index in [-0.39, 0.29) is 36.6 Å². The van der Waals surface area contributed by atoms with Crippen molar-refractivity contribution >= 4 is 44.3 Å². The summed E-state index contributed by atoms with van der Waals surface area (Å²) in [4.78, 5) is 31.9. The van der Waals surface area contributed by atoms with Gasteiger partial charge in [0, 0.05) is 29.8 Å². The van der Waals surface area contributed by atoms with Crippen molar-refractivity contribution in [3.8, 4) is 11.1 Å². The van der Waals surface area contributed by atoms with E-state index in [1.54, 1.807) is 36.4 Å². The van der Waals surface area contributed by atoms with E-state index in [4.69, 9.17) is 0 Å². The molecule has 0 radical (unpaired) electrons. The van der Waals surface area contributed by atoms with Gasteiger partial charge in [0.15, 0.2) is 17.4 Å². The van der Waals surface area contributed by atoms with Gasteiger partial charge >= 0.3 is 5.97 Å². The maximum atomic E-state index is 13.4. The largest absolute Gasteiger partial charge is 0.481 e. The van der Waals surface area contributed by atoms with Gasteiger partial charge in [0.25, 0.3) is 0 Å². The van der Waals surface area contributed by atoms with Gasteiger partial charge in [0.1, 0.15) is 9.84 Å². The summed E-state index contributed by atoms with van der Waals surface area (Å²) in [7, 11) is -3.27. The van der Waals surface area contributed by atoms with Crippen LogP contribution in [-0.4, -0.2) is 46.8 Å². The number of anilines is 2. The fourth-order valence-corrected chi connectivity index (χ4v) is 6.21. The highest BCUT2D eigenvalue weighted by Gasteiger charge is 2.45. The molecule has 38 heavy (non-hydrogen) atoms. The monoisotopic (exact) mass is 539 g/mol. The van der Waals surface area contributed by atoms with Crippen LogP contribution < -0.4 is 5.32 Å². The predicted molar refractivity (Wildman–Crippen MR) is 138 cm³/mol. The van der Waals surface area contributed by atoms with Crippen molar-refractivity contribution in [2.45, 2.75) is 19.3 Å². The number of aliphatic carboxylic acids is 1. The first-order chi connectivity index (χ1) is 18.0. The third-order valence-corrected chi connectivity index (χ3v) is 8.60. The molecule has 8 nitrogen and oxygen atoms in total. The summed E-state index contributed by atoms with van der Waals surface area (Å²) >= 11 is 0. The molecule has 0 amide bonds. The third-order valence-electron chi connectivity index (χ3n) is 6.95. The number of rotatable bonds is 7. The van der Waals surface area contributed by atoms with E-state index in [1.165, 1.54) is 0 Å². The van der Waals surface area contributed by atoms with E-state index >= 15 is 0 Å². The highest BCUT2D eigenvalue weighted by Crippen LogP contribution is 2.37. The summed E-state index contributed by atoms with van der Waals surface area (Å²) in [5.41, 5.74) is 2.03. The molecule has 1 aliphatic heterocycles. The number of hydrogen-bond donors (Lipinski definition) is 3. The summed E-state index contributed by atoms with van der Waals surface area (Å²) < 4.78 is 50.4. The molecule has 0 unspecified atom stereocenters. The van der Waals surface area contributed by atoms with Crippen LogP contribution in [0.15, 0.2) is 60.7 Å². The Bertz CT molecular complexity index is 1600. The van der Waals surface area contributed by atoms with Crippen molar-refractivity contribution in [3.05, 3.63) is 77.9 Å². The minimum Gasteiger partial charge on any atom is -0.481 e. The minimum absolute atomic E-state index is 0.0727. The number of benzene rings is 3. The molecule has 0 atom stereocenters. The third kappa shape index (κ3) is 5.14. The molecule has 0 aliphatic carbocycles. The van der Waals surface area contributed by atoms with Crippen molar-refractivity contribution in [1.82, 2.24) is 9.97 Å². The molecule has 0 saturated carbocycles. The molecule has 1 aliphatic rings. The molecule has 0 bridgehead atoms. The van der Waals surface area contributed by atoms with Gasteiger partial charge in [-0.15, -0.1) is 0 Å². The Balaban J connectivity index is 1.26. The molecule has 0 spiro atoms. The van der Waals surface area contributed by atoms with E-state index in [0.29, 0.717) is 28.2 Å². The maximum absolute atomic E-state index is 13.4. The average Bonchev–Trinajstić information content (AvgIpc) is 3.26. The lowest BCUT2D eigenvalue weighted by Gasteiger charge is -2.32. The van der Waals surface area contributed by atoms with Gasteiger partial charge in [0.05, 0.1) is 28.0 Å². The van der Waals surface area contributed by atoms with Crippen molar-refractivity contribution in [2.75, 3.05) is 16.8 Å². The molecule has 2 heterocycles. The first-order valence-electron chi connectivity index (χ1n) is 11.8. The number of nitrogens with zero attached hydrogens (tertiary/aromatic N) is 1. The topological polar surface area (TPSA) is 129 Å². The lowest BCUT2D eigenvalue weighted by atomic mass is 9.76. The molecule has 4 aromatic rings. The normalized spacial score (nSPS) is 16.3. The van der Waals surface area contributed by atoms with Crippen LogP contribution in [0.2, 0.25) is 0 Å². The molecule has 3 aromatic carbocycles. The number of H-pyrrole nitrogens is 1. The Hall–Kier alpha value is -4.12. The van der Waals surface area contributed by atoms with E-state index in [9.17, 15) is 31.9 Å². The number of Topliss-reactive ketones (excluding diaryl/α,β-unsaturated/α-hetero) is 1. The number of aromatic nitrogens is 2. The smallest absolute Gasteiger partial charge is 0.310 e. The molecule has 1 aromatic heterocycles. The van der Waals surface area contributed by atoms with Crippen LogP contribution >= 0.6 is 0 Å². The van der Waals surface area contributed by atoms with Gasteiger partial charge in [-0.1, -0.05) is 36.4 Å². The molecule has 3 N–H and O–H groups in total. The Kier molecular flexibility index (Phi) is 6.47. The fraction of sp³-hybridized carbons (Fsp3) is 0.222. The highest BCUT2D eigenvalue weighted by atomic mass is 32.2. The molecule has 1 saturated heterocycles. The molecule has 1 fully saturated rings. The van der Waals surface area contributed by atoms with Gasteiger partial charge in [-0.3, -0.25) is 9.59 Å². The number of carboxylic acids is 1. The van der Waals surface area contributed by atoms with Crippen molar-refractivity contribution in [3.63, 3.8) is 0 Å². The van der Waals surface area contributed by atoms with Crippen LogP contribution in [-0.2, 0) is 14.6 Å². The number of aromatic amines is 1. The summed E-state index contributed by atoms with van der Waals surface area (Å²) in [5, 5.41) is 12.8. The quantitative estimate of drug-likeness (QED) is 0.279. The highest BCUT2D eigenvalue weighted by molar-refractivity contribution is 7.91. The maximum Gasteiger partial charge on any atom is 0.310 e. The number of nitrogens with one attached hydrogen (secondary N) is 2. The minimum atomic E-state index is -3.27. The first-order valence-corrected chi connectivity index (χ1v) is 13.7. The Labute approximate surface area is 216 Å². The number of imidazole rings is 1. The molecule has 5 rings (SSSR count). The van der Waals surface area contributed by atoms with Gasteiger partial charge in [0.2, 0.25) is 5.95 Å². The number of carboxylic acid groups (broad SMARTS) is 1. The first kappa shape index (κ1) is 25.5. The molecule has 11 heteroatoms. The van der Waals surface area contributed by atoms with Gasteiger partial charge in [-0.25, -0.2) is 22.2 Å². The van der Waals surface area contributed by atoms with Crippen molar-refractivity contribution in [1.29, 1.82) is 0 Å². The number of sulfone groups is 1. The average molecular weight is 540 g/mol. The standard InChI is InChI=1S/C27H23F2N3O5S/c28-20-13-22-23(14-21(20)29)32-26(31-22)30-19-7-5-17(6-8-19)16-1-3-18(4-2-16)24(33)15-27(25(34)35)9-11-38(36,37)12-10-27/h1-8,13-14H,9-12,15H2,(H,34,35)(H2,30,31,32). The lowest BCUT2D eigenvalue weighted by molar-refractivity contribution is -0.149. The van der Waals surface area contributed by atoms with E-state index in [2.05, 4.69) is 15.3 Å². The Morgan fingerprint density at radius 2 is 1.53 bits per heavy atom. The van der Waals surface area contributed by atoms with E-state index in [0.717, 1.165) is 23.3 Å². The second-order valence-electron chi connectivity index (χ2n) is 9.49. The Morgan fingerprint density at radius 3 is 2.13 bits per heavy atom. The molecular weight excluding hydrogens is 516 g/mol. The van der Waals surface area contributed by atoms with Crippen LogP contribution in [0.1, 0.15) is 29.6 Å². The predicted octanol–water partition coefficient (Wildman–Crippen LogP) is 5.10. The molecule has 196 valence electrons. The van der Waals surface area contributed by atoms with E-state index in [1.807, 2.05) is 12.1 Å². The summed E-state index contributed by atoms with van der Waals surface area (Å²) in [6.45, 7) is 0. The number of carbonyl (C=O) groups excluding carboxylic acids is 1. The van der Waals surface area contributed by atoms with Crippen LogP contribution in [0.4, 0.5) is 20.4 Å². The van der Waals surface area contributed by atoms with Crippen LogP contribution in [0, 0.1) is 17.0 Å².